The quantitative estimate of drug-likeness (QED) is 0.637. The summed E-state index contributed by atoms with van der Waals surface area (Å²) in [6.45, 7) is 13.0. The molecule has 1 atom stereocenters. The molecule has 0 aliphatic carbocycles. The van der Waals surface area contributed by atoms with Crippen LogP contribution in [-0.4, -0.2) is 0 Å². The molecule has 0 saturated heterocycles. The molecule has 0 aliphatic heterocycles. The molecule has 0 N–H and O–H groups in total. The fourth-order valence-electron chi connectivity index (χ4n) is 1.03. The van der Waals surface area contributed by atoms with Crippen molar-refractivity contribution in [1.29, 1.82) is 0 Å². The summed E-state index contributed by atoms with van der Waals surface area (Å²) in [6, 6.07) is 4.46. The SMILES string of the molecule is CC.Cc1ccc([C@H](C)C(C)C)s1. The smallest absolute Gasteiger partial charge is 0.00788 e. The number of hydrogen-bond donors (Lipinski definition) is 0. The summed E-state index contributed by atoms with van der Waals surface area (Å²) < 4.78 is 0. The van der Waals surface area contributed by atoms with Gasteiger partial charge in [0.25, 0.3) is 0 Å². The van der Waals surface area contributed by atoms with E-state index in [1.807, 2.05) is 25.2 Å². The Bertz CT molecular complexity index is 223. The van der Waals surface area contributed by atoms with Gasteiger partial charge in [-0.3, -0.25) is 0 Å². The van der Waals surface area contributed by atoms with Gasteiger partial charge < -0.3 is 0 Å². The van der Waals surface area contributed by atoms with Crippen molar-refractivity contribution >= 4 is 11.3 Å². The van der Waals surface area contributed by atoms with Crippen molar-refractivity contribution in [1.82, 2.24) is 0 Å². The fraction of sp³-hybridized carbons (Fsp3) is 0.667. The molecule has 1 aromatic heterocycles. The Kier molecular flexibility index (Phi) is 6.06. The summed E-state index contributed by atoms with van der Waals surface area (Å²) in [7, 11) is 0. The molecule has 1 aromatic rings. The van der Waals surface area contributed by atoms with Gasteiger partial charge in [0.1, 0.15) is 0 Å². The van der Waals surface area contributed by atoms with Crippen LogP contribution >= 0.6 is 11.3 Å². The standard InChI is InChI=1S/C10H16S.C2H6/c1-7(2)9(4)10-6-5-8(3)11-10;1-2/h5-7,9H,1-4H3;1-2H3/t9-;/m1./s1. The molecule has 0 aromatic carbocycles. The van der Waals surface area contributed by atoms with Crippen LogP contribution in [0.5, 0.6) is 0 Å². The molecule has 1 heterocycles. The highest BCUT2D eigenvalue weighted by Crippen LogP contribution is 2.29. The first-order chi connectivity index (χ1) is 6.11. The lowest BCUT2D eigenvalue weighted by molar-refractivity contribution is 0.542. The Labute approximate surface area is 87.0 Å². The van der Waals surface area contributed by atoms with E-state index in [4.69, 9.17) is 0 Å². The lowest BCUT2D eigenvalue weighted by atomic mass is 9.97. The predicted molar refractivity (Wildman–Crippen MR) is 63.7 cm³/mol. The molecule has 1 heteroatoms. The maximum atomic E-state index is 2.30. The maximum Gasteiger partial charge on any atom is 0.00788 e. The molecule has 0 spiro atoms. The second kappa shape index (κ2) is 6.20. The van der Waals surface area contributed by atoms with Crippen LogP contribution in [0.15, 0.2) is 12.1 Å². The highest BCUT2D eigenvalue weighted by atomic mass is 32.1. The Morgan fingerprint density at radius 2 is 1.62 bits per heavy atom. The molecule has 13 heavy (non-hydrogen) atoms. The minimum atomic E-state index is 0.716. The zero-order chi connectivity index (χ0) is 10.4. The van der Waals surface area contributed by atoms with Crippen molar-refractivity contribution < 1.29 is 0 Å². The van der Waals surface area contributed by atoms with Crippen LogP contribution in [0, 0.1) is 12.8 Å². The van der Waals surface area contributed by atoms with Crippen LogP contribution in [0.2, 0.25) is 0 Å². The van der Waals surface area contributed by atoms with Crippen molar-refractivity contribution in [2.75, 3.05) is 0 Å². The minimum absolute atomic E-state index is 0.716. The Balaban J connectivity index is 0.000000671. The van der Waals surface area contributed by atoms with Crippen LogP contribution in [0.4, 0.5) is 0 Å². The van der Waals surface area contributed by atoms with Gasteiger partial charge in [-0.2, -0.15) is 0 Å². The third kappa shape index (κ3) is 3.95. The average Bonchev–Trinajstić information content (AvgIpc) is 2.54. The molecule has 0 saturated carbocycles. The molecule has 1 rings (SSSR count). The molecule has 0 unspecified atom stereocenters. The minimum Gasteiger partial charge on any atom is -0.145 e. The topological polar surface area (TPSA) is 0 Å². The molecule has 76 valence electrons. The fourth-order valence-corrected chi connectivity index (χ4v) is 2.13. The first kappa shape index (κ1) is 12.7. The number of thiophene rings is 1. The summed E-state index contributed by atoms with van der Waals surface area (Å²) >= 11 is 1.92. The van der Waals surface area contributed by atoms with E-state index in [0.29, 0.717) is 5.92 Å². The average molecular weight is 198 g/mol. The molecular weight excluding hydrogens is 176 g/mol. The second-order valence-electron chi connectivity index (χ2n) is 3.48. The van der Waals surface area contributed by atoms with Gasteiger partial charge in [0.15, 0.2) is 0 Å². The summed E-state index contributed by atoms with van der Waals surface area (Å²) in [5.74, 6) is 1.47. The van der Waals surface area contributed by atoms with Gasteiger partial charge in [-0.15, -0.1) is 11.3 Å². The summed E-state index contributed by atoms with van der Waals surface area (Å²) in [6.07, 6.45) is 0. The Morgan fingerprint density at radius 1 is 1.08 bits per heavy atom. The van der Waals surface area contributed by atoms with E-state index >= 15 is 0 Å². The van der Waals surface area contributed by atoms with Gasteiger partial charge in [-0.25, -0.2) is 0 Å². The van der Waals surface area contributed by atoms with Crippen LogP contribution in [0.1, 0.15) is 50.3 Å². The van der Waals surface area contributed by atoms with Crippen LogP contribution in [0.25, 0.3) is 0 Å². The zero-order valence-corrected chi connectivity index (χ0v) is 10.5. The van der Waals surface area contributed by atoms with Gasteiger partial charge in [-0.1, -0.05) is 34.6 Å². The molecule has 0 fully saturated rings. The highest BCUT2D eigenvalue weighted by Gasteiger charge is 2.10. The van der Waals surface area contributed by atoms with Crippen molar-refractivity contribution in [3.05, 3.63) is 21.9 Å². The lowest BCUT2D eigenvalue weighted by Gasteiger charge is -2.12. The molecular formula is C12H22S. The molecule has 0 bridgehead atoms. The van der Waals surface area contributed by atoms with E-state index in [0.717, 1.165) is 5.92 Å². The van der Waals surface area contributed by atoms with E-state index in [1.165, 1.54) is 9.75 Å². The van der Waals surface area contributed by atoms with Crippen LogP contribution in [0.3, 0.4) is 0 Å². The van der Waals surface area contributed by atoms with Crippen molar-refractivity contribution in [2.45, 2.75) is 47.5 Å². The first-order valence-electron chi connectivity index (χ1n) is 5.17. The molecule has 0 amide bonds. The lowest BCUT2D eigenvalue weighted by Crippen LogP contribution is -1.98. The summed E-state index contributed by atoms with van der Waals surface area (Å²) in [5, 5.41) is 0. The summed E-state index contributed by atoms with van der Waals surface area (Å²) in [4.78, 5) is 2.95. The largest absolute Gasteiger partial charge is 0.145 e. The van der Waals surface area contributed by atoms with Crippen LogP contribution < -0.4 is 0 Å². The van der Waals surface area contributed by atoms with Gasteiger partial charge >= 0.3 is 0 Å². The van der Waals surface area contributed by atoms with E-state index in [2.05, 4.69) is 39.8 Å². The zero-order valence-electron chi connectivity index (χ0n) is 9.72. The monoisotopic (exact) mass is 198 g/mol. The van der Waals surface area contributed by atoms with E-state index in [9.17, 15) is 0 Å². The third-order valence-corrected chi connectivity index (χ3v) is 3.41. The third-order valence-electron chi connectivity index (χ3n) is 2.21. The van der Waals surface area contributed by atoms with Crippen molar-refractivity contribution in [3.8, 4) is 0 Å². The van der Waals surface area contributed by atoms with Gasteiger partial charge in [-0.05, 0) is 30.9 Å². The normalized spacial score (nSPS) is 12.2. The van der Waals surface area contributed by atoms with E-state index in [-0.39, 0.29) is 0 Å². The number of hydrogen-bond acceptors (Lipinski definition) is 1. The van der Waals surface area contributed by atoms with Crippen LogP contribution in [-0.2, 0) is 0 Å². The maximum absolute atomic E-state index is 2.30. The first-order valence-corrected chi connectivity index (χ1v) is 5.99. The Hall–Kier alpha value is -0.300. The van der Waals surface area contributed by atoms with E-state index in [1.54, 1.807) is 0 Å². The number of aryl methyl sites for hydroxylation is 1. The van der Waals surface area contributed by atoms with E-state index < -0.39 is 0 Å². The number of rotatable bonds is 2. The Morgan fingerprint density at radius 3 is 1.92 bits per heavy atom. The van der Waals surface area contributed by atoms with Crippen molar-refractivity contribution in [3.63, 3.8) is 0 Å². The van der Waals surface area contributed by atoms with Gasteiger partial charge in [0, 0.05) is 9.75 Å². The molecule has 0 nitrogen and oxygen atoms in total. The summed E-state index contributed by atoms with van der Waals surface area (Å²) in [5.41, 5.74) is 0. The predicted octanol–water partition coefficient (Wildman–Crippen LogP) is 4.84. The molecule has 0 radical (unpaired) electrons. The van der Waals surface area contributed by atoms with Gasteiger partial charge in [0.05, 0.1) is 0 Å². The molecule has 0 aliphatic rings. The van der Waals surface area contributed by atoms with Gasteiger partial charge in [0.2, 0.25) is 0 Å². The van der Waals surface area contributed by atoms with Crippen molar-refractivity contribution in [2.24, 2.45) is 5.92 Å². The highest BCUT2D eigenvalue weighted by molar-refractivity contribution is 7.12. The second-order valence-corrected chi connectivity index (χ2v) is 4.80.